The molecule has 0 unspecified atom stereocenters. The number of hydrogen-bond acceptors (Lipinski definition) is 5. The van der Waals surface area contributed by atoms with Gasteiger partial charge in [-0.3, -0.25) is 0 Å². The van der Waals surface area contributed by atoms with Gasteiger partial charge in [-0.2, -0.15) is 5.10 Å². The highest BCUT2D eigenvalue weighted by molar-refractivity contribution is 5.67. The molecule has 2 heterocycles. The van der Waals surface area contributed by atoms with Gasteiger partial charge in [0, 0.05) is 42.4 Å². The number of benzene rings is 2. The van der Waals surface area contributed by atoms with Crippen molar-refractivity contribution in [3.8, 4) is 28.4 Å². The number of ether oxygens (including phenoxy) is 2. The molecule has 1 aliphatic heterocycles. The van der Waals surface area contributed by atoms with Crippen molar-refractivity contribution in [1.82, 2.24) is 15.1 Å². The summed E-state index contributed by atoms with van der Waals surface area (Å²) in [5.41, 5.74) is 3.80. The van der Waals surface area contributed by atoms with Crippen LogP contribution in [0, 0.1) is 5.41 Å². The van der Waals surface area contributed by atoms with Crippen LogP contribution in [0.3, 0.4) is 0 Å². The topological polar surface area (TPSA) is 68.5 Å². The largest absolute Gasteiger partial charge is 0.454 e. The predicted octanol–water partition coefficient (Wildman–Crippen LogP) is 3.38. The fourth-order valence-electron chi connectivity index (χ4n) is 3.13. The molecule has 0 saturated carbocycles. The third-order valence-corrected chi connectivity index (χ3v) is 4.80. The molecule has 4 rings (SSSR count). The maximum absolute atomic E-state index is 9.48. The van der Waals surface area contributed by atoms with Gasteiger partial charge in [-0.25, -0.2) is 4.68 Å². The number of para-hydroxylation sites is 1. The molecule has 146 valence electrons. The molecule has 0 saturated heterocycles. The van der Waals surface area contributed by atoms with Gasteiger partial charge in [-0.1, -0.05) is 32.0 Å². The molecule has 0 fully saturated rings. The second kappa shape index (κ2) is 7.66. The van der Waals surface area contributed by atoms with Gasteiger partial charge in [0.05, 0.1) is 11.4 Å². The summed E-state index contributed by atoms with van der Waals surface area (Å²) in [5.74, 6) is 1.50. The van der Waals surface area contributed by atoms with Crippen molar-refractivity contribution in [3.63, 3.8) is 0 Å². The number of rotatable bonds is 7. The first-order chi connectivity index (χ1) is 13.6. The normalized spacial score (nSPS) is 13.1. The fourth-order valence-corrected chi connectivity index (χ4v) is 3.13. The maximum atomic E-state index is 9.48. The lowest BCUT2D eigenvalue weighted by Gasteiger charge is -2.21. The zero-order valence-electron chi connectivity index (χ0n) is 16.2. The molecule has 0 atom stereocenters. The molecule has 28 heavy (non-hydrogen) atoms. The van der Waals surface area contributed by atoms with Crippen molar-refractivity contribution in [3.05, 3.63) is 60.3 Å². The van der Waals surface area contributed by atoms with Crippen molar-refractivity contribution in [2.24, 2.45) is 5.41 Å². The number of nitrogens with one attached hydrogen (secondary N) is 1. The van der Waals surface area contributed by atoms with Crippen molar-refractivity contribution in [1.29, 1.82) is 0 Å². The van der Waals surface area contributed by atoms with Gasteiger partial charge in [0.2, 0.25) is 6.79 Å². The third-order valence-electron chi connectivity index (χ3n) is 4.80. The first-order valence-electron chi connectivity index (χ1n) is 9.41. The van der Waals surface area contributed by atoms with Crippen LogP contribution in [0.25, 0.3) is 16.9 Å². The Morgan fingerprint density at radius 1 is 1.11 bits per heavy atom. The van der Waals surface area contributed by atoms with E-state index in [0.717, 1.165) is 34.0 Å². The summed E-state index contributed by atoms with van der Waals surface area (Å²) in [6.07, 6.45) is 2.05. The average Bonchev–Trinajstić information content (AvgIpc) is 3.35. The molecule has 6 nitrogen and oxygen atoms in total. The standard InChI is InChI=1S/C22H25N3O3/c1-22(2,14-26)13-23-11-17-12-25(18-6-4-3-5-7-18)24-21(17)16-8-9-19-20(10-16)28-15-27-19/h3-10,12,23,26H,11,13-15H2,1-2H3. The molecule has 1 aromatic heterocycles. The minimum Gasteiger partial charge on any atom is -0.454 e. The van der Waals surface area contributed by atoms with Gasteiger partial charge < -0.3 is 19.9 Å². The van der Waals surface area contributed by atoms with Gasteiger partial charge >= 0.3 is 0 Å². The second-order valence-corrected chi connectivity index (χ2v) is 7.78. The first kappa shape index (κ1) is 18.5. The van der Waals surface area contributed by atoms with Crippen molar-refractivity contribution in [2.75, 3.05) is 19.9 Å². The Morgan fingerprint density at radius 2 is 1.89 bits per heavy atom. The molecule has 1 aliphatic rings. The van der Waals surface area contributed by atoms with Crippen LogP contribution in [0.2, 0.25) is 0 Å². The van der Waals surface area contributed by atoms with Gasteiger partial charge in [0.25, 0.3) is 0 Å². The smallest absolute Gasteiger partial charge is 0.231 e. The monoisotopic (exact) mass is 379 g/mol. The molecule has 0 aliphatic carbocycles. The lowest BCUT2D eigenvalue weighted by Crippen LogP contribution is -2.31. The Labute approximate surface area is 164 Å². The SMILES string of the molecule is CC(C)(CO)CNCc1cn(-c2ccccc2)nc1-c1ccc2c(c1)OCO2. The van der Waals surface area contributed by atoms with Crippen LogP contribution in [0.1, 0.15) is 19.4 Å². The van der Waals surface area contributed by atoms with Gasteiger partial charge in [-0.05, 0) is 30.3 Å². The van der Waals surface area contributed by atoms with Crippen molar-refractivity contribution in [2.45, 2.75) is 20.4 Å². The molecule has 0 amide bonds. The molecule has 0 spiro atoms. The summed E-state index contributed by atoms with van der Waals surface area (Å²) < 4.78 is 12.9. The predicted molar refractivity (Wildman–Crippen MR) is 108 cm³/mol. The Hall–Kier alpha value is -2.83. The van der Waals surface area contributed by atoms with E-state index >= 15 is 0 Å². The molecule has 2 N–H and O–H groups in total. The Bertz CT molecular complexity index is 951. The number of nitrogens with zero attached hydrogens (tertiary/aromatic N) is 2. The van der Waals surface area contributed by atoms with Crippen LogP contribution in [0.15, 0.2) is 54.7 Å². The Kier molecular flexibility index (Phi) is 5.07. The van der Waals surface area contributed by atoms with E-state index in [-0.39, 0.29) is 18.8 Å². The molecule has 0 radical (unpaired) electrons. The fraction of sp³-hybridized carbons (Fsp3) is 0.318. The number of fused-ring (bicyclic) bond motifs is 1. The molecule has 2 aromatic carbocycles. The minimum absolute atomic E-state index is 0.137. The number of aromatic nitrogens is 2. The summed E-state index contributed by atoms with van der Waals surface area (Å²) in [6, 6.07) is 16.0. The van der Waals surface area contributed by atoms with E-state index in [1.807, 2.05) is 73.3 Å². The van der Waals surface area contributed by atoms with E-state index in [1.165, 1.54) is 0 Å². The highest BCUT2D eigenvalue weighted by Gasteiger charge is 2.19. The van der Waals surface area contributed by atoms with Crippen LogP contribution in [-0.4, -0.2) is 34.8 Å². The summed E-state index contributed by atoms with van der Waals surface area (Å²) in [7, 11) is 0. The van der Waals surface area contributed by atoms with Crippen molar-refractivity contribution >= 4 is 0 Å². The van der Waals surface area contributed by atoms with Gasteiger partial charge in [0.1, 0.15) is 0 Å². The van der Waals surface area contributed by atoms with Gasteiger partial charge in [0.15, 0.2) is 11.5 Å². The lowest BCUT2D eigenvalue weighted by atomic mass is 9.95. The second-order valence-electron chi connectivity index (χ2n) is 7.78. The Balaban J connectivity index is 1.66. The van der Waals surface area contributed by atoms with E-state index in [2.05, 4.69) is 5.32 Å². The molecule has 3 aromatic rings. The van der Waals surface area contributed by atoms with Crippen molar-refractivity contribution < 1.29 is 14.6 Å². The number of aliphatic hydroxyl groups excluding tert-OH is 1. The molecular weight excluding hydrogens is 354 g/mol. The maximum Gasteiger partial charge on any atom is 0.231 e. The molecule has 6 heteroatoms. The molecule has 0 bridgehead atoms. The highest BCUT2D eigenvalue weighted by atomic mass is 16.7. The summed E-state index contributed by atoms with van der Waals surface area (Å²) in [4.78, 5) is 0. The molecular formula is C22H25N3O3. The van der Waals surface area contributed by atoms with E-state index < -0.39 is 0 Å². The van der Waals surface area contributed by atoms with E-state index in [0.29, 0.717) is 13.1 Å². The zero-order valence-corrected chi connectivity index (χ0v) is 16.2. The quantitative estimate of drug-likeness (QED) is 0.659. The van der Waals surface area contributed by atoms with Gasteiger partial charge in [-0.15, -0.1) is 0 Å². The van der Waals surface area contributed by atoms with E-state index in [9.17, 15) is 5.11 Å². The van der Waals surface area contributed by atoms with Crippen LogP contribution in [0.4, 0.5) is 0 Å². The highest BCUT2D eigenvalue weighted by Crippen LogP contribution is 2.36. The van der Waals surface area contributed by atoms with E-state index in [4.69, 9.17) is 14.6 Å². The summed E-state index contributed by atoms with van der Waals surface area (Å²) >= 11 is 0. The van der Waals surface area contributed by atoms with Crippen LogP contribution < -0.4 is 14.8 Å². The average molecular weight is 379 g/mol. The number of aliphatic hydroxyl groups is 1. The first-order valence-corrected chi connectivity index (χ1v) is 9.41. The van der Waals surface area contributed by atoms with Crippen LogP contribution in [0.5, 0.6) is 11.5 Å². The summed E-state index contributed by atoms with van der Waals surface area (Å²) in [5, 5.41) is 17.8. The number of hydrogen-bond donors (Lipinski definition) is 2. The zero-order chi connectivity index (χ0) is 19.6. The van der Waals surface area contributed by atoms with E-state index in [1.54, 1.807) is 0 Å². The van der Waals surface area contributed by atoms with Crippen LogP contribution in [-0.2, 0) is 6.54 Å². The third kappa shape index (κ3) is 3.88. The summed E-state index contributed by atoms with van der Waals surface area (Å²) in [6.45, 7) is 5.82. The van der Waals surface area contributed by atoms with Crippen LogP contribution >= 0.6 is 0 Å². The lowest BCUT2D eigenvalue weighted by molar-refractivity contribution is 0.156. The minimum atomic E-state index is -0.172. The Morgan fingerprint density at radius 3 is 2.68 bits per heavy atom.